The Hall–Kier alpha value is -5.04. The number of alkyl halides is 3. The fourth-order valence-corrected chi connectivity index (χ4v) is 3.68. The van der Waals surface area contributed by atoms with Crippen molar-refractivity contribution in [3.8, 4) is 23.0 Å². The van der Waals surface area contributed by atoms with E-state index in [1.807, 2.05) is 0 Å². The van der Waals surface area contributed by atoms with Crippen molar-refractivity contribution in [2.45, 2.75) is 18.6 Å². The number of ether oxygens (including phenoxy) is 3. The van der Waals surface area contributed by atoms with E-state index in [4.69, 9.17) is 25.1 Å². The van der Waals surface area contributed by atoms with Gasteiger partial charge in [0.25, 0.3) is 0 Å². The van der Waals surface area contributed by atoms with Crippen molar-refractivity contribution in [3.05, 3.63) is 78.5 Å². The van der Waals surface area contributed by atoms with Crippen molar-refractivity contribution in [1.29, 1.82) is 0 Å². The molecule has 1 aromatic heterocycles. The largest absolute Gasteiger partial charge is 0.493 e. The second kappa shape index (κ2) is 12.4. The Morgan fingerprint density at radius 2 is 1.59 bits per heavy atom. The van der Waals surface area contributed by atoms with Crippen LogP contribution in [0.1, 0.15) is 12.0 Å². The van der Waals surface area contributed by atoms with Crippen LogP contribution in [0.4, 0.5) is 29.3 Å². The van der Waals surface area contributed by atoms with Gasteiger partial charge in [0.1, 0.15) is 17.5 Å². The van der Waals surface area contributed by atoms with Crippen LogP contribution in [0, 0.1) is 0 Å². The predicted molar refractivity (Wildman–Crippen MR) is 145 cm³/mol. The number of rotatable bonds is 10. The predicted octanol–water partition coefficient (Wildman–Crippen LogP) is 5.88. The van der Waals surface area contributed by atoms with Gasteiger partial charge >= 0.3 is 18.2 Å². The minimum absolute atomic E-state index is 0.0638. The van der Waals surface area contributed by atoms with Crippen LogP contribution in [-0.2, 0) is 11.0 Å². The number of aliphatic carboxylic acids is 1. The lowest BCUT2D eigenvalue weighted by molar-refractivity contribution is -0.139. The number of nitrogens with zero attached hydrogens (tertiary/aromatic N) is 1. The van der Waals surface area contributed by atoms with Gasteiger partial charge < -0.3 is 35.7 Å². The molecule has 0 saturated heterocycles. The van der Waals surface area contributed by atoms with E-state index in [-0.39, 0.29) is 18.7 Å². The van der Waals surface area contributed by atoms with E-state index in [1.54, 1.807) is 48.7 Å². The average Bonchev–Trinajstić information content (AvgIpc) is 2.93. The van der Waals surface area contributed by atoms with Crippen LogP contribution in [-0.4, -0.2) is 41.8 Å². The molecule has 0 unspecified atom stereocenters. The van der Waals surface area contributed by atoms with Gasteiger partial charge in [-0.1, -0.05) is 0 Å². The van der Waals surface area contributed by atoms with Gasteiger partial charge in [-0.15, -0.1) is 0 Å². The molecule has 5 N–H and O–H groups in total. The average molecular weight is 571 g/mol. The number of carboxylic acids is 1. The van der Waals surface area contributed by atoms with E-state index < -0.39 is 29.8 Å². The summed E-state index contributed by atoms with van der Waals surface area (Å²) in [5.74, 6) is 0.555. The van der Waals surface area contributed by atoms with Crippen molar-refractivity contribution in [2.24, 2.45) is 5.73 Å². The van der Waals surface area contributed by atoms with Crippen molar-refractivity contribution >= 4 is 34.3 Å². The Kier molecular flexibility index (Phi) is 8.78. The van der Waals surface area contributed by atoms with E-state index in [1.165, 1.54) is 7.11 Å². The lowest BCUT2D eigenvalue weighted by Crippen LogP contribution is -2.31. The molecule has 1 heterocycles. The van der Waals surface area contributed by atoms with E-state index in [0.29, 0.717) is 39.6 Å². The monoisotopic (exact) mass is 570 g/mol. The molecule has 4 rings (SSSR count). The third-order valence-electron chi connectivity index (χ3n) is 5.80. The number of pyridine rings is 1. The molecule has 13 heteroatoms. The summed E-state index contributed by atoms with van der Waals surface area (Å²) in [5.41, 5.74) is 5.87. The number of aromatic nitrogens is 1. The molecule has 10 nitrogen and oxygen atoms in total. The molecule has 2 amide bonds. The Morgan fingerprint density at radius 3 is 2.17 bits per heavy atom. The maximum atomic E-state index is 12.7. The highest BCUT2D eigenvalue weighted by Crippen LogP contribution is 2.37. The van der Waals surface area contributed by atoms with Crippen LogP contribution in [0.25, 0.3) is 10.9 Å². The summed E-state index contributed by atoms with van der Waals surface area (Å²) in [4.78, 5) is 27.5. The molecule has 0 aliphatic rings. The SMILES string of the molecule is COc1cc2c(Oc3ccc(NC(=O)Nc4ccc(C(F)(F)F)cc4)cc3)ccnc2cc1OCC[C@@H](N)C(=O)O. The lowest BCUT2D eigenvalue weighted by Gasteiger charge is -2.15. The highest BCUT2D eigenvalue weighted by Gasteiger charge is 2.30. The van der Waals surface area contributed by atoms with Gasteiger partial charge in [-0.05, 0) is 60.7 Å². The number of carbonyl (C=O) groups excluding carboxylic acids is 1. The van der Waals surface area contributed by atoms with Gasteiger partial charge in [-0.3, -0.25) is 9.78 Å². The number of anilines is 2. The molecule has 0 fully saturated rings. The van der Waals surface area contributed by atoms with Crippen LogP contribution in [0.3, 0.4) is 0 Å². The highest BCUT2D eigenvalue weighted by molar-refractivity contribution is 5.99. The molecule has 0 saturated carbocycles. The first-order valence-corrected chi connectivity index (χ1v) is 12.1. The summed E-state index contributed by atoms with van der Waals surface area (Å²) in [7, 11) is 1.47. The number of hydrogen-bond acceptors (Lipinski definition) is 7. The van der Waals surface area contributed by atoms with E-state index in [2.05, 4.69) is 15.6 Å². The van der Waals surface area contributed by atoms with Crippen molar-refractivity contribution in [1.82, 2.24) is 4.98 Å². The van der Waals surface area contributed by atoms with E-state index in [9.17, 15) is 22.8 Å². The number of halogens is 3. The molecular weight excluding hydrogens is 545 g/mol. The van der Waals surface area contributed by atoms with Crippen molar-refractivity contribution in [3.63, 3.8) is 0 Å². The molecule has 1 atom stereocenters. The van der Waals surface area contributed by atoms with Gasteiger partial charge in [0.05, 0.1) is 24.8 Å². The molecule has 0 spiro atoms. The quantitative estimate of drug-likeness (QED) is 0.185. The molecule has 41 heavy (non-hydrogen) atoms. The van der Waals surface area contributed by atoms with E-state index in [0.717, 1.165) is 24.3 Å². The maximum Gasteiger partial charge on any atom is 0.416 e. The highest BCUT2D eigenvalue weighted by atomic mass is 19.4. The number of methoxy groups -OCH3 is 1. The third-order valence-corrected chi connectivity index (χ3v) is 5.80. The molecule has 0 aliphatic carbocycles. The van der Waals surface area contributed by atoms with Crippen molar-refractivity contribution in [2.75, 3.05) is 24.4 Å². The Bertz CT molecular complexity index is 1530. The molecule has 3 aromatic carbocycles. The maximum absolute atomic E-state index is 12.7. The van der Waals surface area contributed by atoms with Crippen molar-refractivity contribution < 1.29 is 42.1 Å². The smallest absolute Gasteiger partial charge is 0.416 e. The summed E-state index contributed by atoms with van der Waals surface area (Å²) in [6.07, 6.45) is -2.80. The zero-order chi connectivity index (χ0) is 29.6. The summed E-state index contributed by atoms with van der Waals surface area (Å²) < 4.78 is 55.3. The summed E-state index contributed by atoms with van der Waals surface area (Å²) in [6.45, 7) is 0.0638. The summed E-state index contributed by atoms with van der Waals surface area (Å²) in [6, 6.07) is 13.9. The fourth-order valence-electron chi connectivity index (χ4n) is 3.68. The summed E-state index contributed by atoms with van der Waals surface area (Å²) >= 11 is 0. The third kappa shape index (κ3) is 7.54. The number of fused-ring (bicyclic) bond motifs is 1. The fraction of sp³-hybridized carbons (Fsp3) is 0.179. The number of nitrogens with two attached hydrogens (primary N) is 1. The van der Waals surface area contributed by atoms with Crippen LogP contribution >= 0.6 is 0 Å². The number of carbonyl (C=O) groups is 2. The van der Waals surface area contributed by atoms with Gasteiger partial charge in [0.15, 0.2) is 11.5 Å². The number of benzene rings is 3. The first kappa shape index (κ1) is 29.0. The van der Waals surface area contributed by atoms with Gasteiger partial charge in [-0.25, -0.2) is 4.79 Å². The molecular formula is C28H25F3N4O6. The van der Waals surface area contributed by atoms with E-state index >= 15 is 0 Å². The first-order valence-electron chi connectivity index (χ1n) is 12.1. The molecule has 0 radical (unpaired) electrons. The number of urea groups is 1. The van der Waals surface area contributed by atoms with Crippen LogP contribution < -0.4 is 30.6 Å². The Morgan fingerprint density at radius 1 is 0.951 bits per heavy atom. The number of carboxylic acid groups (broad SMARTS) is 1. The first-order chi connectivity index (χ1) is 19.5. The minimum Gasteiger partial charge on any atom is -0.493 e. The van der Waals surface area contributed by atoms with Gasteiger partial charge in [-0.2, -0.15) is 13.2 Å². The minimum atomic E-state index is -4.46. The van der Waals surface area contributed by atoms with Crippen LogP contribution in [0.5, 0.6) is 23.0 Å². The number of amides is 2. The van der Waals surface area contributed by atoms with Crippen LogP contribution in [0.15, 0.2) is 72.9 Å². The number of hydrogen-bond donors (Lipinski definition) is 4. The zero-order valence-electron chi connectivity index (χ0n) is 21.6. The second-order valence-electron chi connectivity index (χ2n) is 8.69. The Labute approximate surface area is 231 Å². The van der Waals surface area contributed by atoms with Gasteiger partial charge in [0.2, 0.25) is 0 Å². The molecule has 4 aromatic rings. The molecule has 0 aliphatic heterocycles. The number of nitrogens with one attached hydrogen (secondary N) is 2. The lowest BCUT2D eigenvalue weighted by atomic mass is 10.1. The summed E-state index contributed by atoms with van der Waals surface area (Å²) in [5, 5.41) is 14.6. The van der Waals surface area contributed by atoms with Gasteiger partial charge in [0, 0.05) is 35.4 Å². The molecule has 0 bridgehead atoms. The standard InChI is InChI=1S/C28H25F3N4O6/c1-39-24-14-20-22(15-25(24)40-13-11-21(32)26(36)37)33-12-10-23(20)41-19-8-6-18(7-9-19)35-27(38)34-17-4-2-16(3-5-17)28(29,30)31/h2-10,12,14-15,21H,11,13,32H2,1H3,(H,36,37)(H2,34,35,38)/t21-/m1/s1. The zero-order valence-corrected chi connectivity index (χ0v) is 21.6. The topological polar surface area (TPSA) is 145 Å². The van der Waals surface area contributed by atoms with Crippen LogP contribution in [0.2, 0.25) is 0 Å². The normalized spacial score (nSPS) is 11.9. The Balaban J connectivity index is 1.41. The second-order valence-corrected chi connectivity index (χ2v) is 8.69. The molecule has 214 valence electrons.